The van der Waals surface area contributed by atoms with Crippen LogP contribution in [0.15, 0.2) is 28.8 Å². The van der Waals surface area contributed by atoms with Crippen LogP contribution < -0.4 is 14.8 Å². The van der Waals surface area contributed by atoms with Gasteiger partial charge in [-0.2, -0.15) is 0 Å². The van der Waals surface area contributed by atoms with E-state index in [1.54, 1.807) is 32.2 Å². The van der Waals surface area contributed by atoms with Gasteiger partial charge in [0.05, 0.1) is 19.8 Å². The number of aliphatic carboxylic acids is 1. The van der Waals surface area contributed by atoms with Crippen LogP contribution in [0.2, 0.25) is 0 Å². The molecule has 2 aromatic rings. The summed E-state index contributed by atoms with van der Waals surface area (Å²) in [6.07, 6.45) is 0.308. The first-order valence-corrected chi connectivity index (χ1v) is 7.66. The lowest BCUT2D eigenvalue weighted by Gasteiger charge is -2.10. The number of nitrogens with zero attached hydrogens (tertiary/aromatic N) is 1. The number of hydrogen-bond donors (Lipinski definition) is 2. The van der Waals surface area contributed by atoms with E-state index in [1.807, 2.05) is 0 Å². The van der Waals surface area contributed by atoms with Gasteiger partial charge in [-0.1, -0.05) is 5.16 Å². The van der Waals surface area contributed by atoms with Gasteiger partial charge in [-0.15, -0.1) is 0 Å². The minimum atomic E-state index is -0.907. The third-order valence-electron chi connectivity index (χ3n) is 3.58. The van der Waals surface area contributed by atoms with E-state index in [1.165, 1.54) is 13.2 Å². The molecule has 0 spiro atoms. The van der Waals surface area contributed by atoms with Crippen LogP contribution in [-0.4, -0.2) is 42.4 Å². The van der Waals surface area contributed by atoms with Gasteiger partial charge >= 0.3 is 5.97 Å². The summed E-state index contributed by atoms with van der Waals surface area (Å²) in [6, 6.07) is 6.39. The summed E-state index contributed by atoms with van der Waals surface area (Å²) >= 11 is 0. The van der Waals surface area contributed by atoms with Crippen molar-refractivity contribution in [3.05, 3.63) is 30.0 Å². The van der Waals surface area contributed by atoms with Crippen molar-refractivity contribution in [2.75, 3.05) is 14.2 Å². The quantitative estimate of drug-likeness (QED) is 0.753. The van der Waals surface area contributed by atoms with Crippen LogP contribution >= 0.6 is 0 Å². The molecule has 8 nitrogen and oxygen atoms in total. The lowest BCUT2D eigenvalue weighted by atomic mass is 10.1. The van der Waals surface area contributed by atoms with Gasteiger partial charge in [0.25, 0.3) is 5.91 Å². The van der Waals surface area contributed by atoms with Crippen LogP contribution in [0.3, 0.4) is 0 Å². The average Bonchev–Trinajstić information content (AvgIpc) is 3.09. The van der Waals surface area contributed by atoms with E-state index in [4.69, 9.17) is 19.1 Å². The summed E-state index contributed by atoms with van der Waals surface area (Å²) in [7, 11) is 3.07. The largest absolute Gasteiger partial charge is 0.497 e. The lowest BCUT2D eigenvalue weighted by Crippen LogP contribution is -2.33. The molecule has 0 aliphatic heterocycles. The molecule has 25 heavy (non-hydrogen) atoms. The Labute approximate surface area is 144 Å². The molecule has 0 aliphatic carbocycles. The number of benzene rings is 1. The second-order valence-corrected chi connectivity index (χ2v) is 5.45. The first-order chi connectivity index (χ1) is 11.9. The van der Waals surface area contributed by atoms with Crippen LogP contribution in [0, 0.1) is 0 Å². The Bertz CT molecular complexity index is 755. The minimum Gasteiger partial charge on any atom is -0.497 e. The minimum absolute atomic E-state index is 0.0213. The lowest BCUT2D eigenvalue weighted by molar-refractivity contribution is -0.137. The highest BCUT2D eigenvalue weighted by molar-refractivity contribution is 5.93. The fraction of sp³-hybridized carbons (Fsp3) is 0.353. The number of carbonyl (C=O) groups excluding carboxylic acids is 1. The van der Waals surface area contributed by atoms with Crippen molar-refractivity contribution < 1.29 is 28.7 Å². The zero-order valence-electron chi connectivity index (χ0n) is 14.2. The molecule has 0 aliphatic rings. The van der Waals surface area contributed by atoms with Crippen LogP contribution in [0.1, 0.15) is 30.3 Å². The third kappa shape index (κ3) is 4.72. The fourth-order valence-corrected chi connectivity index (χ4v) is 2.23. The Balaban J connectivity index is 2.14. The van der Waals surface area contributed by atoms with E-state index in [2.05, 4.69) is 10.5 Å². The van der Waals surface area contributed by atoms with Gasteiger partial charge in [0, 0.05) is 18.5 Å². The molecular formula is C17H20N2O6. The smallest absolute Gasteiger partial charge is 0.303 e. The molecule has 1 amide bonds. The molecule has 0 saturated heterocycles. The van der Waals surface area contributed by atoms with E-state index in [-0.39, 0.29) is 18.2 Å². The standard InChI is InChI=1S/C17H20N2O6/c1-10(4-7-16(20)21)18-17(22)13-9-15(25-19-13)12-8-11(23-2)5-6-14(12)24-3/h5-6,8-10H,4,7H2,1-3H3,(H,18,22)(H,20,21). The predicted octanol–water partition coefficient (Wildman–Crippen LogP) is 2.34. The highest BCUT2D eigenvalue weighted by Crippen LogP contribution is 2.33. The molecule has 8 heteroatoms. The van der Waals surface area contributed by atoms with Crippen LogP contribution in [0.4, 0.5) is 0 Å². The fourth-order valence-electron chi connectivity index (χ4n) is 2.23. The maximum absolute atomic E-state index is 12.2. The molecule has 1 aromatic carbocycles. The van der Waals surface area contributed by atoms with Crippen molar-refractivity contribution in [3.8, 4) is 22.8 Å². The number of rotatable bonds is 8. The van der Waals surface area contributed by atoms with E-state index in [9.17, 15) is 9.59 Å². The van der Waals surface area contributed by atoms with Crippen molar-refractivity contribution in [3.63, 3.8) is 0 Å². The molecule has 2 N–H and O–H groups in total. The Morgan fingerprint density at radius 2 is 2.04 bits per heavy atom. The van der Waals surface area contributed by atoms with Gasteiger partial charge in [-0.25, -0.2) is 0 Å². The predicted molar refractivity (Wildman–Crippen MR) is 88.8 cm³/mol. The van der Waals surface area contributed by atoms with E-state index < -0.39 is 11.9 Å². The van der Waals surface area contributed by atoms with Crippen LogP contribution in [0.25, 0.3) is 11.3 Å². The normalized spacial score (nSPS) is 11.6. The Morgan fingerprint density at radius 3 is 2.68 bits per heavy atom. The van der Waals surface area contributed by atoms with Gasteiger partial charge in [-0.3, -0.25) is 9.59 Å². The third-order valence-corrected chi connectivity index (χ3v) is 3.58. The van der Waals surface area contributed by atoms with Gasteiger partial charge in [0.2, 0.25) is 0 Å². The summed E-state index contributed by atoms with van der Waals surface area (Å²) in [5.41, 5.74) is 0.703. The molecule has 1 atom stereocenters. The SMILES string of the molecule is COc1ccc(OC)c(-c2cc(C(=O)NC(C)CCC(=O)O)no2)c1. The number of carbonyl (C=O) groups is 2. The van der Waals surface area contributed by atoms with E-state index >= 15 is 0 Å². The highest BCUT2D eigenvalue weighted by Gasteiger charge is 2.18. The number of ether oxygens (including phenoxy) is 2. The molecule has 1 aromatic heterocycles. The van der Waals surface area contributed by atoms with E-state index in [0.29, 0.717) is 29.2 Å². The van der Waals surface area contributed by atoms with Gasteiger partial charge < -0.3 is 24.4 Å². The first-order valence-electron chi connectivity index (χ1n) is 7.66. The molecule has 1 unspecified atom stereocenters. The van der Waals surface area contributed by atoms with Crippen LogP contribution in [-0.2, 0) is 4.79 Å². The van der Waals surface area contributed by atoms with Gasteiger partial charge in [0.1, 0.15) is 11.5 Å². The molecule has 0 fully saturated rings. The number of amides is 1. The molecule has 1 heterocycles. The zero-order valence-corrected chi connectivity index (χ0v) is 14.2. The second kappa shape index (κ2) is 8.18. The molecule has 134 valence electrons. The average molecular weight is 348 g/mol. The van der Waals surface area contributed by atoms with Gasteiger partial charge in [-0.05, 0) is 31.5 Å². The monoisotopic (exact) mass is 348 g/mol. The maximum atomic E-state index is 12.2. The van der Waals surface area contributed by atoms with Crippen molar-refractivity contribution in [2.24, 2.45) is 0 Å². The van der Waals surface area contributed by atoms with Crippen molar-refractivity contribution >= 4 is 11.9 Å². The number of carboxylic acid groups (broad SMARTS) is 1. The number of methoxy groups -OCH3 is 2. The second-order valence-electron chi connectivity index (χ2n) is 5.45. The summed E-state index contributed by atoms with van der Waals surface area (Å²) in [6.45, 7) is 1.73. The Hall–Kier alpha value is -3.03. The Morgan fingerprint density at radius 1 is 1.28 bits per heavy atom. The van der Waals surface area contributed by atoms with Crippen molar-refractivity contribution in [1.82, 2.24) is 10.5 Å². The zero-order chi connectivity index (χ0) is 18.4. The van der Waals surface area contributed by atoms with Crippen LogP contribution in [0.5, 0.6) is 11.5 Å². The maximum Gasteiger partial charge on any atom is 0.303 e. The molecule has 2 rings (SSSR count). The number of aromatic nitrogens is 1. The summed E-state index contributed by atoms with van der Waals surface area (Å²) in [5.74, 6) is 0.183. The Kier molecular flexibility index (Phi) is 5.99. The van der Waals surface area contributed by atoms with Crippen molar-refractivity contribution in [1.29, 1.82) is 0 Å². The topological polar surface area (TPSA) is 111 Å². The van der Waals surface area contributed by atoms with Gasteiger partial charge in [0.15, 0.2) is 11.5 Å². The molecule has 0 radical (unpaired) electrons. The first kappa shape index (κ1) is 18.3. The molecule has 0 bridgehead atoms. The number of hydrogen-bond acceptors (Lipinski definition) is 6. The van der Waals surface area contributed by atoms with Crippen molar-refractivity contribution in [2.45, 2.75) is 25.8 Å². The molecular weight excluding hydrogens is 328 g/mol. The summed E-state index contributed by atoms with van der Waals surface area (Å²) in [5, 5.41) is 15.1. The molecule has 0 saturated carbocycles. The summed E-state index contributed by atoms with van der Waals surface area (Å²) < 4.78 is 15.7. The number of carboxylic acids is 1. The summed E-state index contributed by atoms with van der Waals surface area (Å²) in [4.78, 5) is 22.8. The van der Waals surface area contributed by atoms with E-state index in [0.717, 1.165) is 0 Å². The highest BCUT2D eigenvalue weighted by atomic mass is 16.5. The number of nitrogens with one attached hydrogen (secondary N) is 1.